The number of carbonyl (C=O) groups is 2. The van der Waals surface area contributed by atoms with E-state index in [1.807, 2.05) is 30.3 Å². The average Bonchev–Trinajstić information content (AvgIpc) is 3.04. The molecule has 1 aliphatic rings. The monoisotopic (exact) mass is 341 g/mol. The Bertz CT molecular complexity index is 759. The van der Waals surface area contributed by atoms with Gasteiger partial charge in [-0.2, -0.15) is 0 Å². The van der Waals surface area contributed by atoms with Gasteiger partial charge in [-0.15, -0.1) is 0 Å². The van der Waals surface area contributed by atoms with Crippen LogP contribution in [0.25, 0.3) is 0 Å². The van der Waals surface area contributed by atoms with Crippen molar-refractivity contribution >= 4 is 11.9 Å². The molecular weight excluding hydrogens is 322 g/mol. The second kappa shape index (κ2) is 6.94. The van der Waals surface area contributed by atoms with Gasteiger partial charge in [0.25, 0.3) is 5.91 Å². The SMILES string of the molecule is O=C(O)COc1ccc(C(=O)N2CCC(O)(c3ccccc3)C2)cc1. The molecule has 1 heterocycles. The standard InChI is InChI=1S/C19H19NO5/c21-17(22)12-25-16-8-6-14(7-9-16)18(23)20-11-10-19(24,13-20)15-4-2-1-3-5-15/h1-9,24H,10-13H2,(H,21,22). The first-order valence-electron chi connectivity index (χ1n) is 8.00. The van der Waals surface area contributed by atoms with Crippen molar-refractivity contribution in [1.29, 1.82) is 0 Å². The van der Waals surface area contributed by atoms with Crippen LogP contribution in [0.15, 0.2) is 54.6 Å². The van der Waals surface area contributed by atoms with Crippen LogP contribution in [0.1, 0.15) is 22.3 Å². The number of carbonyl (C=O) groups excluding carboxylic acids is 1. The zero-order valence-electron chi connectivity index (χ0n) is 13.6. The van der Waals surface area contributed by atoms with Crippen LogP contribution in [0, 0.1) is 0 Å². The van der Waals surface area contributed by atoms with Crippen LogP contribution in [-0.4, -0.2) is 46.7 Å². The summed E-state index contributed by atoms with van der Waals surface area (Å²) in [5.74, 6) is -0.838. The summed E-state index contributed by atoms with van der Waals surface area (Å²) >= 11 is 0. The van der Waals surface area contributed by atoms with E-state index < -0.39 is 18.2 Å². The lowest BCUT2D eigenvalue weighted by atomic mass is 9.93. The number of benzene rings is 2. The third-order valence-corrected chi connectivity index (χ3v) is 4.31. The van der Waals surface area contributed by atoms with Gasteiger partial charge in [-0.3, -0.25) is 4.79 Å². The number of carboxylic acids is 1. The van der Waals surface area contributed by atoms with Gasteiger partial charge in [0.1, 0.15) is 11.4 Å². The summed E-state index contributed by atoms with van der Waals surface area (Å²) in [7, 11) is 0. The minimum atomic E-state index is -1.06. The smallest absolute Gasteiger partial charge is 0.341 e. The minimum Gasteiger partial charge on any atom is -0.482 e. The summed E-state index contributed by atoms with van der Waals surface area (Å²) in [6.45, 7) is 0.290. The lowest BCUT2D eigenvalue weighted by Crippen LogP contribution is -2.34. The number of hydrogen-bond acceptors (Lipinski definition) is 4. The normalized spacial score (nSPS) is 19.6. The van der Waals surface area contributed by atoms with Gasteiger partial charge >= 0.3 is 5.97 Å². The topological polar surface area (TPSA) is 87.1 Å². The lowest BCUT2D eigenvalue weighted by molar-refractivity contribution is -0.139. The number of nitrogens with zero attached hydrogens (tertiary/aromatic N) is 1. The molecule has 6 nitrogen and oxygen atoms in total. The van der Waals surface area contributed by atoms with E-state index in [2.05, 4.69) is 0 Å². The van der Waals surface area contributed by atoms with Crippen molar-refractivity contribution in [2.75, 3.05) is 19.7 Å². The number of aliphatic carboxylic acids is 1. The highest BCUT2D eigenvalue weighted by Crippen LogP contribution is 2.32. The first-order valence-corrected chi connectivity index (χ1v) is 8.00. The molecule has 0 aromatic heterocycles. The summed E-state index contributed by atoms with van der Waals surface area (Å²) in [5, 5.41) is 19.4. The predicted octanol–water partition coefficient (Wildman–Crippen LogP) is 1.88. The molecule has 1 aliphatic heterocycles. The molecule has 2 aromatic rings. The molecule has 1 saturated heterocycles. The first kappa shape index (κ1) is 17.0. The van der Waals surface area contributed by atoms with E-state index in [-0.39, 0.29) is 12.5 Å². The van der Waals surface area contributed by atoms with Crippen LogP contribution < -0.4 is 4.74 Å². The van der Waals surface area contributed by atoms with Crippen molar-refractivity contribution in [3.05, 3.63) is 65.7 Å². The van der Waals surface area contributed by atoms with E-state index in [0.29, 0.717) is 24.3 Å². The fraction of sp³-hybridized carbons (Fsp3) is 0.263. The summed E-state index contributed by atoms with van der Waals surface area (Å²) in [4.78, 5) is 24.7. The van der Waals surface area contributed by atoms with E-state index in [9.17, 15) is 14.7 Å². The van der Waals surface area contributed by atoms with Crippen molar-refractivity contribution in [3.8, 4) is 5.75 Å². The molecule has 6 heteroatoms. The van der Waals surface area contributed by atoms with Gasteiger partial charge in [0, 0.05) is 12.1 Å². The highest BCUT2D eigenvalue weighted by molar-refractivity contribution is 5.94. The molecule has 25 heavy (non-hydrogen) atoms. The van der Waals surface area contributed by atoms with Crippen molar-refractivity contribution in [2.45, 2.75) is 12.0 Å². The van der Waals surface area contributed by atoms with Crippen LogP contribution in [0.2, 0.25) is 0 Å². The van der Waals surface area contributed by atoms with Crippen LogP contribution in [-0.2, 0) is 10.4 Å². The molecule has 1 fully saturated rings. The average molecular weight is 341 g/mol. The van der Waals surface area contributed by atoms with Crippen molar-refractivity contribution in [1.82, 2.24) is 4.90 Å². The van der Waals surface area contributed by atoms with Gasteiger partial charge in [-0.05, 0) is 36.2 Å². The second-order valence-electron chi connectivity index (χ2n) is 6.08. The molecule has 1 unspecified atom stereocenters. The Hall–Kier alpha value is -2.86. The number of rotatable bonds is 5. The van der Waals surface area contributed by atoms with Crippen LogP contribution in [0.4, 0.5) is 0 Å². The molecule has 0 aliphatic carbocycles. The first-order chi connectivity index (χ1) is 12.0. The zero-order chi connectivity index (χ0) is 17.9. The van der Waals surface area contributed by atoms with Crippen LogP contribution >= 0.6 is 0 Å². The minimum absolute atomic E-state index is 0.170. The van der Waals surface area contributed by atoms with Gasteiger partial charge < -0.3 is 19.8 Å². The quantitative estimate of drug-likeness (QED) is 0.867. The Morgan fingerprint density at radius 1 is 1.08 bits per heavy atom. The maximum Gasteiger partial charge on any atom is 0.341 e. The molecule has 2 N–H and O–H groups in total. The Morgan fingerprint density at radius 3 is 2.40 bits per heavy atom. The van der Waals surface area contributed by atoms with Gasteiger partial charge in [0.2, 0.25) is 0 Å². The summed E-state index contributed by atoms with van der Waals surface area (Å²) in [5.41, 5.74) is 0.254. The number of ether oxygens (including phenoxy) is 1. The molecule has 1 amide bonds. The van der Waals surface area contributed by atoms with Gasteiger partial charge in [-0.25, -0.2) is 4.79 Å². The third-order valence-electron chi connectivity index (χ3n) is 4.31. The number of likely N-dealkylation sites (tertiary alicyclic amines) is 1. The van der Waals surface area contributed by atoms with Crippen molar-refractivity contribution in [2.24, 2.45) is 0 Å². The predicted molar refractivity (Wildman–Crippen MR) is 90.4 cm³/mol. The molecule has 2 aromatic carbocycles. The Kier molecular flexibility index (Phi) is 4.72. The van der Waals surface area contributed by atoms with Crippen LogP contribution in [0.5, 0.6) is 5.75 Å². The summed E-state index contributed by atoms with van der Waals surface area (Å²) in [6, 6.07) is 15.7. The number of carboxylic acid groups (broad SMARTS) is 1. The molecule has 0 saturated carbocycles. The fourth-order valence-corrected chi connectivity index (χ4v) is 2.97. The van der Waals surface area contributed by atoms with Crippen molar-refractivity contribution < 1.29 is 24.5 Å². The lowest BCUT2D eigenvalue weighted by Gasteiger charge is -2.24. The Labute approximate surface area is 145 Å². The van der Waals surface area contributed by atoms with Gasteiger partial charge in [-0.1, -0.05) is 30.3 Å². The van der Waals surface area contributed by atoms with Gasteiger partial charge in [0.05, 0.1) is 6.54 Å². The fourth-order valence-electron chi connectivity index (χ4n) is 2.97. The van der Waals surface area contributed by atoms with E-state index in [1.165, 1.54) is 0 Å². The molecular formula is C19H19NO5. The highest BCUT2D eigenvalue weighted by Gasteiger charge is 2.39. The third kappa shape index (κ3) is 3.80. The van der Waals surface area contributed by atoms with Crippen LogP contribution in [0.3, 0.4) is 0 Å². The van der Waals surface area contributed by atoms with E-state index in [0.717, 1.165) is 5.56 Å². The number of amides is 1. The zero-order valence-corrected chi connectivity index (χ0v) is 13.6. The Morgan fingerprint density at radius 2 is 1.76 bits per heavy atom. The van der Waals surface area contributed by atoms with Crippen molar-refractivity contribution in [3.63, 3.8) is 0 Å². The largest absolute Gasteiger partial charge is 0.482 e. The summed E-state index contributed by atoms with van der Waals surface area (Å²) in [6.07, 6.45) is 0.489. The van der Waals surface area contributed by atoms with Gasteiger partial charge in [0.15, 0.2) is 6.61 Å². The molecule has 1 atom stereocenters. The number of aliphatic hydroxyl groups is 1. The van der Waals surface area contributed by atoms with E-state index >= 15 is 0 Å². The molecule has 0 radical (unpaired) electrons. The number of hydrogen-bond donors (Lipinski definition) is 2. The maximum atomic E-state index is 12.6. The maximum absolute atomic E-state index is 12.6. The molecule has 3 rings (SSSR count). The molecule has 0 bridgehead atoms. The van der Waals surface area contributed by atoms with E-state index in [1.54, 1.807) is 29.2 Å². The molecule has 130 valence electrons. The number of β-amino-alcohol motifs (C(OH)–C–C–N with tert-alkyl or cyclic N) is 1. The second-order valence-corrected chi connectivity index (χ2v) is 6.08. The molecule has 0 spiro atoms. The van der Waals surface area contributed by atoms with E-state index in [4.69, 9.17) is 9.84 Å². The summed E-state index contributed by atoms with van der Waals surface area (Å²) < 4.78 is 5.05. The Balaban J connectivity index is 1.67. The highest BCUT2D eigenvalue weighted by atomic mass is 16.5.